The van der Waals surface area contributed by atoms with Crippen LogP contribution in [-0.2, 0) is 80.7 Å². The molecule has 4 aromatic rings. The maximum absolute atomic E-state index is 13.6. The number of nitrogens with one attached hydrogen (secondary N) is 1. The number of carbonyl (C=O) groups excluding carboxylic acids is 3. The fourth-order valence-corrected chi connectivity index (χ4v) is 14.8. The van der Waals surface area contributed by atoms with Gasteiger partial charge in [-0.25, -0.2) is 60.5 Å². The number of hydrogen-bond acceptors (Lipinski definition) is 20. The van der Waals surface area contributed by atoms with E-state index in [1.807, 2.05) is 0 Å². The smallest absolute Gasteiger partial charge is 0.748 e. The molecule has 4 fully saturated rings. The van der Waals surface area contributed by atoms with E-state index in [1.165, 1.54) is 79.8 Å². The van der Waals surface area contributed by atoms with Gasteiger partial charge in [-0.15, -0.1) is 0 Å². The zero-order valence-electron chi connectivity index (χ0n) is 60.5. The summed E-state index contributed by atoms with van der Waals surface area (Å²) in [5.74, 6) is -19.1. The van der Waals surface area contributed by atoms with Crippen molar-refractivity contribution >= 4 is 80.5 Å². The predicted molar refractivity (Wildman–Crippen MR) is 359 cm³/mol. The molecule has 4 saturated carbocycles. The minimum atomic E-state index is -6.40. The van der Waals surface area contributed by atoms with Crippen molar-refractivity contribution in [3.63, 3.8) is 0 Å². The molecule has 2 unspecified atom stereocenters. The second-order valence-corrected chi connectivity index (χ2v) is 33.2. The van der Waals surface area contributed by atoms with Gasteiger partial charge in [-0.05, 0) is 120 Å². The van der Waals surface area contributed by atoms with Crippen molar-refractivity contribution in [3.8, 4) is 5.75 Å². The number of carbonyl (C=O) groups is 3. The SMILES string of the molecule is C=C(C)C(=C)OC12CC3CC(C1)CC(C(=O)OC(CS(=O)(=O)[O-])(C(F)(F)F)C(F)(F)F)(C3)C2.C=C(C)C(=O)Oc1c(F)c(F)c(S(=O)(=O)[O-])c(F)c1F.C=Cc1ccc(C(=O)OCC(F)(F)S(=O)(=O)[O-])cc1.C=Cc1ccc(S(=O)(=O)[N-]S(C)(=O)=O)cc1.CC[NH+](CC)CC.C[N+](C)(C)Cc1ccccc1.[Li+].[Na+]. The Morgan fingerprint density at radius 1 is 0.667 bits per heavy atom. The number of benzene rings is 4. The van der Waals surface area contributed by atoms with Crippen LogP contribution in [0.2, 0.25) is 0 Å². The first-order valence-electron chi connectivity index (χ1n) is 30.9. The molecule has 0 radical (unpaired) electrons. The fraction of sp³-hybridized carbons (Fsp3) is 0.439. The van der Waals surface area contributed by atoms with Gasteiger partial charge in [0.15, 0.2) is 28.4 Å². The Morgan fingerprint density at radius 2 is 1.10 bits per heavy atom. The van der Waals surface area contributed by atoms with Crippen LogP contribution in [0.5, 0.6) is 5.75 Å². The summed E-state index contributed by atoms with van der Waals surface area (Å²) >= 11 is 0. The Kier molecular flexibility index (Phi) is 38.3. The number of alkyl halides is 8. The monoisotopic (exact) mass is 1650 g/mol. The summed E-state index contributed by atoms with van der Waals surface area (Å²) in [5, 5.41) is -4.65. The Hall–Kier alpha value is -5.94. The third-order valence-electron chi connectivity index (χ3n) is 15.6. The molecule has 0 aromatic heterocycles. The summed E-state index contributed by atoms with van der Waals surface area (Å²) in [5.41, 5.74) is -5.35. The van der Waals surface area contributed by atoms with Crippen molar-refractivity contribution in [2.75, 3.05) is 59.4 Å². The molecule has 0 heterocycles. The summed E-state index contributed by atoms with van der Waals surface area (Å²) < 4.78 is 322. The van der Waals surface area contributed by atoms with E-state index >= 15 is 0 Å². The molecule has 1 N–H and O–H groups in total. The zero-order valence-corrected chi connectivity index (χ0v) is 66.6. The minimum absolute atomic E-state index is 0. The summed E-state index contributed by atoms with van der Waals surface area (Å²) in [6.07, 6.45) is -7.79. The Bertz CT molecular complexity index is 4370. The molecule has 8 rings (SSSR count). The Balaban J connectivity index is 0.00000134. The van der Waals surface area contributed by atoms with Gasteiger partial charge in [0.05, 0.1) is 77.6 Å². The molecule has 0 amide bonds. The van der Waals surface area contributed by atoms with Crippen LogP contribution in [0.1, 0.15) is 100 Å². The predicted octanol–water partition coefficient (Wildman–Crippen LogP) is 4.82. The molecular formula is C66H79F12LiN3NaO20S5. The average Bonchev–Trinajstić information content (AvgIpc) is 0.709. The number of allylic oxidation sites excluding steroid dienone is 1. The van der Waals surface area contributed by atoms with Gasteiger partial charge in [-0.3, -0.25) is 4.79 Å². The summed E-state index contributed by atoms with van der Waals surface area (Å²) in [4.78, 5) is 34.6. The van der Waals surface area contributed by atoms with Crippen LogP contribution in [0.25, 0.3) is 16.3 Å². The third-order valence-corrected chi connectivity index (χ3v) is 20.8. The van der Waals surface area contributed by atoms with Crippen molar-refractivity contribution in [1.82, 2.24) is 0 Å². The summed E-state index contributed by atoms with van der Waals surface area (Å²) in [6.45, 7) is 29.9. The van der Waals surface area contributed by atoms with Crippen LogP contribution >= 0.6 is 0 Å². The van der Waals surface area contributed by atoms with E-state index in [0.717, 1.165) is 29.8 Å². The normalized spacial score (nSPS) is 17.6. The first-order valence-corrected chi connectivity index (χ1v) is 38.6. The number of quaternary nitrogens is 2. The molecule has 0 saturated heterocycles. The number of rotatable bonds is 24. The van der Waals surface area contributed by atoms with Crippen molar-refractivity contribution in [2.45, 2.75) is 118 Å². The van der Waals surface area contributed by atoms with E-state index in [2.05, 4.69) is 123 Å². The van der Waals surface area contributed by atoms with Crippen LogP contribution in [0.3, 0.4) is 0 Å². The fourth-order valence-electron chi connectivity index (χ4n) is 10.9. The van der Waals surface area contributed by atoms with Crippen LogP contribution < -0.4 is 58.1 Å². The van der Waals surface area contributed by atoms with E-state index < -0.39 is 149 Å². The molecule has 0 spiro atoms. The number of esters is 3. The topological polar surface area (TPSA) is 347 Å². The number of sulfonamides is 2. The largest absolute Gasteiger partial charge is 1.00 e. The van der Waals surface area contributed by atoms with E-state index in [4.69, 9.17) is 4.74 Å². The second kappa shape index (κ2) is 40.5. The molecule has 23 nitrogen and oxygen atoms in total. The van der Waals surface area contributed by atoms with E-state index in [-0.39, 0.29) is 101 Å². The van der Waals surface area contributed by atoms with Gasteiger partial charge in [-0.1, -0.05) is 99.6 Å². The molecule has 108 heavy (non-hydrogen) atoms. The molecule has 42 heteroatoms. The first kappa shape index (κ1) is 102. The molecule has 4 aromatic carbocycles. The van der Waals surface area contributed by atoms with Crippen molar-refractivity contribution in [3.05, 3.63) is 178 Å². The van der Waals surface area contributed by atoms with Crippen LogP contribution in [0.4, 0.5) is 52.7 Å². The number of nitrogens with zero attached hydrogens (tertiary/aromatic N) is 2. The maximum Gasteiger partial charge on any atom is 1.00 e. The minimum Gasteiger partial charge on any atom is -0.748 e. The molecular weight excluding hydrogens is 1570 g/mol. The van der Waals surface area contributed by atoms with E-state index in [0.29, 0.717) is 30.4 Å². The van der Waals surface area contributed by atoms with E-state index in [1.54, 1.807) is 17.9 Å². The van der Waals surface area contributed by atoms with E-state index in [9.17, 15) is 123 Å². The molecule has 4 aliphatic carbocycles. The average molecular weight is 1650 g/mol. The van der Waals surface area contributed by atoms with Gasteiger partial charge in [0.25, 0.3) is 0 Å². The Labute approximate surface area is 654 Å². The molecule has 4 aliphatic rings. The van der Waals surface area contributed by atoms with Gasteiger partial charge in [0, 0.05) is 28.7 Å². The zero-order chi connectivity index (χ0) is 82.2. The van der Waals surface area contributed by atoms with Gasteiger partial charge >= 0.3 is 89.5 Å². The summed E-state index contributed by atoms with van der Waals surface area (Å²) in [6, 6.07) is 21.7. The van der Waals surface area contributed by atoms with Gasteiger partial charge in [0.1, 0.15) is 42.9 Å². The van der Waals surface area contributed by atoms with Gasteiger partial charge in [-0.2, -0.15) is 43.9 Å². The number of hydrogen-bond donors (Lipinski definition) is 1. The van der Waals surface area contributed by atoms with Crippen molar-refractivity contribution in [1.29, 1.82) is 0 Å². The van der Waals surface area contributed by atoms with Gasteiger partial charge < -0.3 is 46.1 Å². The molecule has 4 bridgehead atoms. The van der Waals surface area contributed by atoms with Crippen molar-refractivity contribution in [2.24, 2.45) is 17.3 Å². The van der Waals surface area contributed by atoms with Crippen LogP contribution in [0.15, 0.2) is 138 Å². The first-order chi connectivity index (χ1) is 48.1. The molecule has 0 aliphatic heterocycles. The van der Waals surface area contributed by atoms with Gasteiger partial charge in [0.2, 0.25) is 17.4 Å². The summed E-state index contributed by atoms with van der Waals surface area (Å²) in [7, 11) is -19.2. The quantitative estimate of drug-likeness (QED) is 0.00938. The number of halogens is 12. The second-order valence-electron chi connectivity index (χ2n) is 25.5. The standard InChI is InChI=1S/C20H24F6O6S.C11H10F2O5S.C10H6F4O5S.C10H16N.C9H10NO4S2.C6H15N.Li.Na/c1-11(2)12(3)31-17-7-13-4-14(8-17)6-16(5-13,9-17)15(27)32-18(19(21,22)23,20(24,25)26)10-33(28,29)30;1-2-8-3-5-9(6-4-8)10(14)18-7-11(12,13)19(15,16)17;1-3(2)10(15)19-8-4(11)6(13)9(20(16,17)18)7(14)5(8)12;1-11(2,3)9-10-7-5-4-6-8-10;1-3-8-4-6-9(7-5-8)16(13,14)10-15(2,11)12;1-4-7(5-2)6-3;;/h13-14H,1,3-10H2,2H3,(H,28,29,30);2-6H,1,7H2,(H,15,16,17);1H2,2H3,(H,16,17,18);4-8H,9H2,1-3H3;3-7H,1H2,2H3;4-6H2,1-3H3;;/q;;;+1;-1;;2*+1/p-2. The maximum atomic E-state index is 13.6. The third kappa shape index (κ3) is 30.3. The molecule has 2 atom stereocenters. The van der Waals surface area contributed by atoms with Crippen molar-refractivity contribution < 1.29 is 200 Å². The van der Waals surface area contributed by atoms with Crippen LogP contribution in [-0.4, -0.2) is 166 Å². The number of ether oxygens (including phenoxy) is 4. The molecule has 594 valence electrons. The Morgan fingerprint density at radius 3 is 1.44 bits per heavy atom. The van der Waals surface area contributed by atoms with Crippen LogP contribution in [0, 0.1) is 40.5 Å².